The molecule has 0 aromatic heterocycles. The van der Waals surface area contributed by atoms with Crippen LogP contribution in [0.5, 0.6) is 5.75 Å². The summed E-state index contributed by atoms with van der Waals surface area (Å²) in [5.41, 5.74) is 5.50. The van der Waals surface area contributed by atoms with Crippen LogP contribution in [0.1, 0.15) is 41.7 Å². The number of halogens is 1. The Labute approximate surface area is 222 Å². The molecule has 5 rings (SSSR count). The standard InChI is InChI=1S/C33H30FNO3/c1-3-22-20-25(24-8-7-11-28(21-24)38-2)14-17-29(22)32-30(33(37)35(32)27-9-5-4-6-10-27)18-19-31(36)23-12-15-26(34)16-13-23/h3-17,20-21,30-32,36H,1,18-19H2,2H3. The van der Waals surface area contributed by atoms with E-state index in [0.717, 1.165) is 33.7 Å². The van der Waals surface area contributed by atoms with Gasteiger partial charge in [0.05, 0.1) is 25.2 Å². The molecule has 1 N–H and O–H groups in total. The summed E-state index contributed by atoms with van der Waals surface area (Å²) in [5, 5.41) is 10.7. The molecule has 0 bridgehead atoms. The monoisotopic (exact) mass is 507 g/mol. The molecule has 38 heavy (non-hydrogen) atoms. The van der Waals surface area contributed by atoms with E-state index in [4.69, 9.17) is 4.74 Å². The maximum absolute atomic E-state index is 13.5. The zero-order valence-electron chi connectivity index (χ0n) is 21.3. The van der Waals surface area contributed by atoms with Crippen molar-refractivity contribution in [2.45, 2.75) is 25.0 Å². The molecule has 1 aliphatic rings. The summed E-state index contributed by atoms with van der Waals surface area (Å²) >= 11 is 0. The quantitative estimate of drug-likeness (QED) is 0.241. The summed E-state index contributed by atoms with van der Waals surface area (Å²) in [7, 11) is 1.65. The third kappa shape index (κ3) is 4.98. The molecular weight excluding hydrogens is 477 g/mol. The number of para-hydroxylation sites is 1. The highest BCUT2D eigenvalue weighted by Gasteiger charge is 2.49. The fourth-order valence-electron chi connectivity index (χ4n) is 5.25. The van der Waals surface area contributed by atoms with Crippen molar-refractivity contribution in [3.8, 4) is 16.9 Å². The van der Waals surface area contributed by atoms with Crippen LogP contribution in [0.25, 0.3) is 17.2 Å². The molecule has 4 nitrogen and oxygen atoms in total. The molecule has 1 fully saturated rings. The average molecular weight is 508 g/mol. The zero-order chi connectivity index (χ0) is 26.6. The second-order valence-corrected chi connectivity index (χ2v) is 9.52. The Morgan fingerprint density at radius 2 is 1.71 bits per heavy atom. The summed E-state index contributed by atoms with van der Waals surface area (Å²) < 4.78 is 18.7. The number of amides is 1. The number of methoxy groups -OCH3 is 1. The first-order chi connectivity index (χ1) is 18.5. The Kier molecular flexibility index (Phi) is 7.38. The third-order valence-corrected chi connectivity index (χ3v) is 7.28. The van der Waals surface area contributed by atoms with E-state index in [0.29, 0.717) is 18.4 Å². The maximum Gasteiger partial charge on any atom is 0.233 e. The number of aliphatic hydroxyl groups is 1. The highest BCUT2D eigenvalue weighted by atomic mass is 19.1. The number of benzene rings is 4. The molecule has 1 saturated heterocycles. The second-order valence-electron chi connectivity index (χ2n) is 9.52. The van der Waals surface area contributed by atoms with E-state index in [1.165, 1.54) is 12.1 Å². The highest BCUT2D eigenvalue weighted by molar-refractivity contribution is 6.03. The molecule has 192 valence electrons. The zero-order valence-corrected chi connectivity index (χ0v) is 21.3. The van der Waals surface area contributed by atoms with Crippen molar-refractivity contribution in [1.29, 1.82) is 0 Å². The fraction of sp³-hybridized carbons (Fsp3) is 0.182. The van der Waals surface area contributed by atoms with Gasteiger partial charge in [0.1, 0.15) is 11.6 Å². The van der Waals surface area contributed by atoms with E-state index in [1.807, 2.05) is 65.6 Å². The predicted molar refractivity (Wildman–Crippen MR) is 149 cm³/mol. The van der Waals surface area contributed by atoms with E-state index in [-0.39, 0.29) is 23.7 Å². The molecule has 1 amide bonds. The van der Waals surface area contributed by atoms with Crippen LogP contribution in [-0.2, 0) is 4.79 Å². The van der Waals surface area contributed by atoms with Gasteiger partial charge < -0.3 is 14.7 Å². The molecule has 5 heteroatoms. The minimum Gasteiger partial charge on any atom is -0.497 e. The van der Waals surface area contributed by atoms with Crippen LogP contribution >= 0.6 is 0 Å². The number of carbonyl (C=O) groups is 1. The Bertz CT molecular complexity index is 1430. The molecule has 1 heterocycles. The Balaban J connectivity index is 1.46. The van der Waals surface area contributed by atoms with Gasteiger partial charge in [0.25, 0.3) is 0 Å². The van der Waals surface area contributed by atoms with Crippen molar-refractivity contribution in [3.05, 3.63) is 126 Å². The maximum atomic E-state index is 13.5. The smallest absolute Gasteiger partial charge is 0.233 e. The fourth-order valence-corrected chi connectivity index (χ4v) is 5.25. The van der Waals surface area contributed by atoms with Crippen LogP contribution in [0.2, 0.25) is 0 Å². The number of anilines is 1. The van der Waals surface area contributed by atoms with Gasteiger partial charge in [-0.3, -0.25) is 4.79 Å². The van der Waals surface area contributed by atoms with Crippen LogP contribution in [0.4, 0.5) is 10.1 Å². The van der Waals surface area contributed by atoms with Crippen molar-refractivity contribution in [1.82, 2.24) is 0 Å². The number of ether oxygens (including phenoxy) is 1. The van der Waals surface area contributed by atoms with Gasteiger partial charge in [0.15, 0.2) is 0 Å². The molecule has 4 aromatic rings. The number of hydrogen-bond acceptors (Lipinski definition) is 3. The lowest BCUT2D eigenvalue weighted by atomic mass is 9.76. The van der Waals surface area contributed by atoms with Crippen molar-refractivity contribution < 1.29 is 19.0 Å². The lowest BCUT2D eigenvalue weighted by Crippen LogP contribution is -2.55. The highest BCUT2D eigenvalue weighted by Crippen LogP contribution is 2.47. The average Bonchev–Trinajstić information content (AvgIpc) is 2.96. The minimum atomic E-state index is -0.774. The first kappa shape index (κ1) is 25.4. The number of nitrogens with zero attached hydrogens (tertiary/aromatic N) is 1. The van der Waals surface area contributed by atoms with Crippen molar-refractivity contribution in [3.63, 3.8) is 0 Å². The third-order valence-electron chi connectivity index (χ3n) is 7.28. The SMILES string of the molecule is C=Cc1cc(-c2cccc(OC)c2)ccc1C1C(CCC(O)c2ccc(F)cc2)C(=O)N1c1ccccc1. The summed E-state index contributed by atoms with van der Waals surface area (Å²) in [6, 6.07) is 29.4. The van der Waals surface area contributed by atoms with Crippen LogP contribution in [0.15, 0.2) is 104 Å². The number of rotatable bonds is 9. The summed E-state index contributed by atoms with van der Waals surface area (Å²) in [6.45, 7) is 4.06. The van der Waals surface area contributed by atoms with Gasteiger partial charge >= 0.3 is 0 Å². The van der Waals surface area contributed by atoms with Gasteiger partial charge in [-0.2, -0.15) is 0 Å². The summed E-state index contributed by atoms with van der Waals surface area (Å²) in [6.07, 6.45) is 1.95. The van der Waals surface area contributed by atoms with Crippen LogP contribution in [0.3, 0.4) is 0 Å². The molecular formula is C33H30FNO3. The van der Waals surface area contributed by atoms with Crippen LogP contribution in [-0.4, -0.2) is 18.1 Å². The van der Waals surface area contributed by atoms with Gasteiger partial charge in [-0.1, -0.05) is 67.3 Å². The lowest BCUT2D eigenvalue weighted by Gasteiger charge is -2.48. The summed E-state index contributed by atoms with van der Waals surface area (Å²) in [5.74, 6) is 0.167. The van der Waals surface area contributed by atoms with Crippen molar-refractivity contribution in [2.24, 2.45) is 5.92 Å². The second kappa shape index (κ2) is 11.0. The number of β-lactam (4-membered cyclic amide) rings is 1. The van der Waals surface area contributed by atoms with Crippen LogP contribution < -0.4 is 9.64 Å². The normalized spacial score (nSPS) is 17.6. The largest absolute Gasteiger partial charge is 0.497 e. The van der Waals surface area contributed by atoms with E-state index in [9.17, 15) is 14.3 Å². The number of hydrogen-bond donors (Lipinski definition) is 1. The lowest BCUT2D eigenvalue weighted by molar-refractivity contribution is -0.131. The van der Waals surface area contributed by atoms with E-state index < -0.39 is 6.10 Å². The molecule has 3 unspecified atom stereocenters. The van der Waals surface area contributed by atoms with Gasteiger partial charge in [0.2, 0.25) is 5.91 Å². The predicted octanol–water partition coefficient (Wildman–Crippen LogP) is 7.36. The molecule has 0 radical (unpaired) electrons. The first-order valence-corrected chi connectivity index (χ1v) is 12.7. The van der Waals surface area contributed by atoms with E-state index in [1.54, 1.807) is 19.2 Å². The number of carbonyl (C=O) groups excluding carboxylic acids is 1. The molecule has 3 atom stereocenters. The Morgan fingerprint density at radius 3 is 2.42 bits per heavy atom. The van der Waals surface area contributed by atoms with Gasteiger partial charge in [0, 0.05) is 5.69 Å². The van der Waals surface area contributed by atoms with E-state index >= 15 is 0 Å². The minimum absolute atomic E-state index is 0.0272. The number of aliphatic hydroxyl groups excluding tert-OH is 1. The Morgan fingerprint density at radius 1 is 0.974 bits per heavy atom. The molecule has 1 aliphatic heterocycles. The molecule has 0 spiro atoms. The van der Waals surface area contributed by atoms with E-state index in [2.05, 4.69) is 24.8 Å². The first-order valence-electron chi connectivity index (χ1n) is 12.7. The van der Waals surface area contributed by atoms with Crippen LogP contribution in [0, 0.1) is 11.7 Å². The molecule has 4 aromatic carbocycles. The van der Waals surface area contributed by atoms with Crippen molar-refractivity contribution >= 4 is 17.7 Å². The van der Waals surface area contributed by atoms with Gasteiger partial charge in [-0.25, -0.2) is 4.39 Å². The topological polar surface area (TPSA) is 49.8 Å². The molecule has 0 aliphatic carbocycles. The Hall–Kier alpha value is -4.22. The summed E-state index contributed by atoms with van der Waals surface area (Å²) in [4.78, 5) is 15.3. The van der Waals surface area contributed by atoms with Crippen molar-refractivity contribution in [2.75, 3.05) is 12.0 Å². The molecule has 0 saturated carbocycles. The van der Waals surface area contributed by atoms with Gasteiger partial charge in [-0.15, -0.1) is 0 Å². The van der Waals surface area contributed by atoms with Gasteiger partial charge in [-0.05, 0) is 83.1 Å².